The van der Waals surface area contributed by atoms with Gasteiger partial charge in [0.05, 0.1) is 17.4 Å². The Labute approximate surface area is 173 Å². The Morgan fingerprint density at radius 2 is 1.53 bits per heavy atom. The molecule has 6 heteroatoms. The van der Waals surface area contributed by atoms with Gasteiger partial charge in [0.25, 0.3) is 11.5 Å². The van der Waals surface area contributed by atoms with Crippen molar-refractivity contribution in [1.82, 2.24) is 14.5 Å². The molecule has 0 atom stereocenters. The number of carbonyl (C=O) groups excluding carboxylic acids is 1. The van der Waals surface area contributed by atoms with Crippen molar-refractivity contribution in [3.05, 3.63) is 116 Å². The van der Waals surface area contributed by atoms with E-state index in [9.17, 15) is 14.4 Å². The van der Waals surface area contributed by atoms with Crippen LogP contribution in [0.25, 0.3) is 10.9 Å². The van der Waals surface area contributed by atoms with Gasteiger partial charge in [-0.15, -0.1) is 0 Å². The minimum Gasteiger partial charge on any atom is -0.337 e. The van der Waals surface area contributed by atoms with Crippen molar-refractivity contribution >= 4 is 16.8 Å². The third-order valence-corrected chi connectivity index (χ3v) is 5.04. The van der Waals surface area contributed by atoms with Gasteiger partial charge in [-0.05, 0) is 35.4 Å². The number of para-hydroxylation sites is 1. The van der Waals surface area contributed by atoms with Gasteiger partial charge < -0.3 is 9.88 Å². The van der Waals surface area contributed by atoms with Crippen molar-refractivity contribution < 1.29 is 4.79 Å². The summed E-state index contributed by atoms with van der Waals surface area (Å²) in [6.07, 6.45) is 0. The van der Waals surface area contributed by atoms with Gasteiger partial charge in [0.2, 0.25) is 0 Å². The number of fused-ring (bicyclic) bond motifs is 1. The molecule has 1 N–H and O–H groups in total. The predicted molar refractivity (Wildman–Crippen MR) is 117 cm³/mol. The van der Waals surface area contributed by atoms with E-state index in [0.29, 0.717) is 23.0 Å². The molecule has 0 saturated carbocycles. The molecular formula is C24H21N3O3. The van der Waals surface area contributed by atoms with E-state index in [1.165, 1.54) is 4.57 Å². The minimum atomic E-state index is -0.457. The summed E-state index contributed by atoms with van der Waals surface area (Å²) >= 11 is 0. The van der Waals surface area contributed by atoms with Crippen LogP contribution in [-0.2, 0) is 13.1 Å². The van der Waals surface area contributed by atoms with E-state index in [2.05, 4.69) is 4.98 Å². The number of hydrogen-bond acceptors (Lipinski definition) is 3. The molecule has 150 valence electrons. The van der Waals surface area contributed by atoms with E-state index < -0.39 is 5.69 Å². The Hall–Kier alpha value is -3.93. The Bertz CT molecular complexity index is 1310. The molecule has 0 unspecified atom stereocenters. The molecule has 3 aromatic carbocycles. The zero-order chi connectivity index (χ0) is 21.1. The first-order valence-electron chi connectivity index (χ1n) is 9.63. The number of H-pyrrole nitrogens is 1. The summed E-state index contributed by atoms with van der Waals surface area (Å²) in [7, 11) is 1.76. The molecule has 6 nitrogen and oxygen atoms in total. The van der Waals surface area contributed by atoms with E-state index >= 15 is 0 Å². The molecular weight excluding hydrogens is 378 g/mol. The maximum atomic E-state index is 12.7. The number of nitrogens with one attached hydrogen (secondary N) is 1. The van der Waals surface area contributed by atoms with Crippen molar-refractivity contribution in [3.8, 4) is 0 Å². The second kappa shape index (κ2) is 8.21. The Morgan fingerprint density at radius 1 is 0.867 bits per heavy atom. The van der Waals surface area contributed by atoms with E-state index in [1.807, 2.05) is 30.3 Å². The average Bonchev–Trinajstić information content (AvgIpc) is 2.77. The van der Waals surface area contributed by atoms with Crippen molar-refractivity contribution in [2.24, 2.45) is 0 Å². The van der Waals surface area contributed by atoms with Crippen LogP contribution in [0.2, 0.25) is 0 Å². The second-order valence-electron chi connectivity index (χ2n) is 7.21. The first kappa shape index (κ1) is 19.4. The van der Waals surface area contributed by atoms with Crippen LogP contribution in [0.3, 0.4) is 0 Å². The minimum absolute atomic E-state index is 0.0916. The first-order chi connectivity index (χ1) is 14.5. The van der Waals surface area contributed by atoms with Crippen LogP contribution in [0.15, 0.2) is 88.5 Å². The lowest BCUT2D eigenvalue weighted by molar-refractivity contribution is 0.0785. The maximum absolute atomic E-state index is 12.7. The SMILES string of the molecule is CN(Cc1ccccc1)C(=O)c1ccc(Cn2c(=O)[nH]c3ccccc3c2=O)cc1. The highest BCUT2D eigenvalue weighted by Crippen LogP contribution is 2.11. The molecule has 1 heterocycles. The second-order valence-corrected chi connectivity index (χ2v) is 7.21. The summed E-state index contributed by atoms with van der Waals surface area (Å²) in [6.45, 7) is 0.649. The number of hydrogen-bond donors (Lipinski definition) is 1. The molecule has 0 aliphatic carbocycles. The molecule has 0 spiro atoms. The standard InChI is InChI=1S/C24H21N3O3/c1-26(15-17-7-3-2-4-8-17)22(28)19-13-11-18(12-14-19)16-27-23(29)20-9-5-6-10-21(20)25-24(27)30/h2-14H,15-16H2,1H3,(H,25,30). The largest absolute Gasteiger partial charge is 0.337 e. The number of rotatable bonds is 5. The van der Waals surface area contributed by atoms with Gasteiger partial charge in [-0.25, -0.2) is 4.79 Å². The highest BCUT2D eigenvalue weighted by Gasteiger charge is 2.13. The first-order valence-corrected chi connectivity index (χ1v) is 9.63. The molecule has 0 aliphatic heterocycles. The number of aromatic nitrogens is 2. The summed E-state index contributed by atoms with van der Waals surface area (Å²) in [5.41, 5.74) is 2.10. The van der Waals surface area contributed by atoms with E-state index in [0.717, 1.165) is 11.1 Å². The maximum Gasteiger partial charge on any atom is 0.329 e. The molecule has 30 heavy (non-hydrogen) atoms. The Balaban J connectivity index is 1.53. The fourth-order valence-corrected chi connectivity index (χ4v) is 3.43. The highest BCUT2D eigenvalue weighted by molar-refractivity contribution is 5.94. The molecule has 0 fully saturated rings. The van der Waals surface area contributed by atoms with Crippen LogP contribution in [0.4, 0.5) is 0 Å². The summed E-state index contributed by atoms with van der Waals surface area (Å²) in [5, 5.41) is 0.464. The smallest absolute Gasteiger partial charge is 0.329 e. The van der Waals surface area contributed by atoms with Crippen LogP contribution in [-0.4, -0.2) is 27.4 Å². The molecule has 0 radical (unpaired) electrons. The third kappa shape index (κ3) is 3.93. The Morgan fingerprint density at radius 3 is 2.27 bits per heavy atom. The van der Waals surface area contributed by atoms with Gasteiger partial charge >= 0.3 is 5.69 Å². The normalized spacial score (nSPS) is 10.8. The zero-order valence-electron chi connectivity index (χ0n) is 16.5. The fourth-order valence-electron chi connectivity index (χ4n) is 3.43. The summed E-state index contributed by atoms with van der Waals surface area (Å²) in [4.78, 5) is 42.1. The summed E-state index contributed by atoms with van der Waals surface area (Å²) < 4.78 is 1.17. The lowest BCUT2D eigenvalue weighted by Gasteiger charge is -2.17. The molecule has 0 saturated heterocycles. The van der Waals surface area contributed by atoms with E-state index in [1.54, 1.807) is 60.5 Å². The van der Waals surface area contributed by atoms with Crippen molar-refractivity contribution in [2.45, 2.75) is 13.1 Å². The fraction of sp³-hybridized carbons (Fsp3) is 0.125. The van der Waals surface area contributed by atoms with Crippen molar-refractivity contribution in [1.29, 1.82) is 0 Å². The van der Waals surface area contributed by atoms with Gasteiger partial charge in [-0.1, -0.05) is 54.6 Å². The van der Waals surface area contributed by atoms with Crippen molar-refractivity contribution in [3.63, 3.8) is 0 Å². The van der Waals surface area contributed by atoms with E-state index in [-0.39, 0.29) is 18.0 Å². The molecule has 1 aromatic heterocycles. The topological polar surface area (TPSA) is 75.2 Å². The average molecular weight is 399 g/mol. The highest BCUT2D eigenvalue weighted by atomic mass is 16.2. The van der Waals surface area contributed by atoms with E-state index in [4.69, 9.17) is 0 Å². The number of carbonyl (C=O) groups is 1. The number of amides is 1. The number of nitrogens with zero attached hydrogens (tertiary/aromatic N) is 2. The van der Waals surface area contributed by atoms with Crippen LogP contribution < -0.4 is 11.2 Å². The van der Waals surface area contributed by atoms with Gasteiger partial charge in [-0.2, -0.15) is 0 Å². The zero-order valence-corrected chi connectivity index (χ0v) is 16.5. The van der Waals surface area contributed by atoms with Crippen LogP contribution in [0.1, 0.15) is 21.5 Å². The number of benzene rings is 3. The summed E-state index contributed by atoms with van der Waals surface area (Å²) in [6, 6.07) is 23.7. The van der Waals surface area contributed by atoms with Gasteiger partial charge in [-0.3, -0.25) is 14.2 Å². The van der Waals surface area contributed by atoms with Gasteiger partial charge in [0, 0.05) is 19.2 Å². The van der Waals surface area contributed by atoms with Crippen molar-refractivity contribution in [2.75, 3.05) is 7.05 Å². The molecule has 1 amide bonds. The monoisotopic (exact) mass is 399 g/mol. The predicted octanol–water partition coefficient (Wildman–Crippen LogP) is 3.01. The third-order valence-electron chi connectivity index (χ3n) is 5.04. The molecule has 4 rings (SSSR count). The van der Waals surface area contributed by atoms with Gasteiger partial charge in [0.15, 0.2) is 0 Å². The van der Waals surface area contributed by atoms with Crippen LogP contribution >= 0.6 is 0 Å². The van der Waals surface area contributed by atoms with Crippen LogP contribution in [0, 0.1) is 0 Å². The molecule has 0 bridgehead atoms. The summed E-state index contributed by atoms with van der Waals surface area (Å²) in [5.74, 6) is -0.0916. The number of aromatic amines is 1. The van der Waals surface area contributed by atoms with Gasteiger partial charge in [0.1, 0.15) is 0 Å². The van der Waals surface area contributed by atoms with Crippen LogP contribution in [0.5, 0.6) is 0 Å². The Kier molecular flexibility index (Phi) is 5.30. The lowest BCUT2D eigenvalue weighted by atomic mass is 10.1. The molecule has 0 aliphatic rings. The quantitative estimate of drug-likeness (QED) is 0.561. The molecule has 4 aromatic rings. The lowest BCUT2D eigenvalue weighted by Crippen LogP contribution is -2.35.